The lowest BCUT2D eigenvalue weighted by atomic mass is 9.62. The SMILES string of the molecule is Cc1cc2c3c(c1)[C@@]1(C(=O)N3C(C)(C)C[C@H]2C)C(C#N)=C(N)OC2=C1C(=O)CC(C)(C)C2. The minimum absolute atomic E-state index is 0.0277. The number of carbonyl (C=O) groups is 2. The standard InChI is InChI=1S/C26H29N3O3/c1-13-7-15-14(2)9-25(5,6)29-21(15)16(8-13)26(23(29)31)17(12-27)22(28)32-19-11-24(3,4)10-18(30)20(19)26/h7-8,14H,9-11,28H2,1-6H3/t14-,26-/m1/s1. The molecule has 3 heterocycles. The van der Waals surface area contributed by atoms with E-state index in [9.17, 15) is 14.9 Å². The predicted molar refractivity (Wildman–Crippen MR) is 120 cm³/mol. The highest BCUT2D eigenvalue weighted by molar-refractivity contribution is 6.21. The van der Waals surface area contributed by atoms with Crippen molar-refractivity contribution < 1.29 is 14.3 Å². The third-order valence-electron chi connectivity index (χ3n) is 7.55. The number of nitrogens with two attached hydrogens (primary N) is 1. The Morgan fingerprint density at radius 1 is 1.19 bits per heavy atom. The Hall–Kier alpha value is -3.07. The molecule has 0 fully saturated rings. The quantitative estimate of drug-likeness (QED) is 0.663. The summed E-state index contributed by atoms with van der Waals surface area (Å²) in [4.78, 5) is 30.0. The zero-order valence-electron chi connectivity index (χ0n) is 19.5. The van der Waals surface area contributed by atoms with Crippen LogP contribution in [0, 0.1) is 23.7 Å². The highest BCUT2D eigenvalue weighted by Gasteiger charge is 2.66. The maximum absolute atomic E-state index is 14.5. The number of nitrogens with zero attached hydrogens (tertiary/aromatic N) is 2. The van der Waals surface area contributed by atoms with Gasteiger partial charge in [-0.1, -0.05) is 38.5 Å². The first-order chi connectivity index (χ1) is 14.8. The molecule has 1 aromatic carbocycles. The third-order valence-corrected chi connectivity index (χ3v) is 7.55. The lowest BCUT2D eigenvalue weighted by Gasteiger charge is -2.45. The van der Waals surface area contributed by atoms with Gasteiger partial charge in [-0.2, -0.15) is 5.26 Å². The molecule has 5 rings (SSSR count). The number of allylic oxidation sites excluding steroid dienone is 1. The van der Waals surface area contributed by atoms with Crippen molar-refractivity contribution in [3.8, 4) is 6.07 Å². The van der Waals surface area contributed by atoms with Crippen LogP contribution in [0.1, 0.15) is 76.5 Å². The number of ketones is 1. The molecule has 6 nitrogen and oxygen atoms in total. The molecule has 2 N–H and O–H groups in total. The molecule has 6 heteroatoms. The predicted octanol–water partition coefficient (Wildman–Crippen LogP) is 4.23. The van der Waals surface area contributed by atoms with Gasteiger partial charge in [-0.15, -0.1) is 0 Å². The lowest BCUT2D eigenvalue weighted by Crippen LogP contribution is -2.56. The van der Waals surface area contributed by atoms with E-state index in [1.165, 1.54) is 0 Å². The zero-order chi connectivity index (χ0) is 23.4. The van der Waals surface area contributed by atoms with Crippen LogP contribution >= 0.6 is 0 Å². The van der Waals surface area contributed by atoms with Crippen LogP contribution in [0.15, 0.2) is 34.9 Å². The van der Waals surface area contributed by atoms with Crippen molar-refractivity contribution in [2.75, 3.05) is 4.90 Å². The van der Waals surface area contributed by atoms with Gasteiger partial charge in [-0.25, -0.2) is 0 Å². The van der Waals surface area contributed by atoms with E-state index < -0.39 is 11.0 Å². The maximum Gasteiger partial charge on any atom is 0.248 e. The van der Waals surface area contributed by atoms with Crippen LogP contribution in [0.4, 0.5) is 5.69 Å². The van der Waals surface area contributed by atoms with Crippen LogP contribution in [-0.4, -0.2) is 17.2 Å². The second-order valence-corrected chi connectivity index (χ2v) is 11.3. The van der Waals surface area contributed by atoms with Crippen molar-refractivity contribution in [3.63, 3.8) is 0 Å². The first-order valence-corrected chi connectivity index (χ1v) is 11.2. The molecule has 0 aromatic heterocycles. The summed E-state index contributed by atoms with van der Waals surface area (Å²) in [6.45, 7) is 12.3. The molecule has 0 unspecified atom stereocenters. The largest absolute Gasteiger partial charge is 0.444 e. The summed E-state index contributed by atoms with van der Waals surface area (Å²) in [7, 11) is 0. The van der Waals surface area contributed by atoms with E-state index in [1.54, 1.807) is 0 Å². The van der Waals surface area contributed by atoms with Crippen LogP contribution < -0.4 is 10.6 Å². The van der Waals surface area contributed by atoms with Gasteiger partial charge in [0, 0.05) is 23.9 Å². The topological polar surface area (TPSA) is 96.4 Å². The average Bonchev–Trinajstić information content (AvgIpc) is 2.89. The lowest BCUT2D eigenvalue weighted by molar-refractivity contribution is -0.126. The monoisotopic (exact) mass is 431 g/mol. The normalized spacial score (nSPS) is 29.7. The van der Waals surface area contributed by atoms with E-state index in [1.807, 2.05) is 45.6 Å². The second kappa shape index (κ2) is 6.04. The highest BCUT2D eigenvalue weighted by atomic mass is 16.5. The van der Waals surface area contributed by atoms with Crippen molar-refractivity contribution >= 4 is 17.4 Å². The smallest absolute Gasteiger partial charge is 0.248 e. The minimum Gasteiger partial charge on any atom is -0.444 e. The first-order valence-electron chi connectivity index (χ1n) is 11.2. The fourth-order valence-electron chi connectivity index (χ4n) is 6.52. The van der Waals surface area contributed by atoms with Gasteiger partial charge in [0.2, 0.25) is 11.8 Å². The molecule has 1 aromatic rings. The molecule has 4 aliphatic rings. The first kappa shape index (κ1) is 20.8. The molecule has 1 spiro atoms. The third kappa shape index (κ3) is 2.34. The van der Waals surface area contributed by atoms with E-state index in [0.717, 1.165) is 23.2 Å². The Kier molecular flexibility index (Phi) is 3.93. The number of anilines is 1. The molecular formula is C26H29N3O3. The highest BCUT2D eigenvalue weighted by Crippen LogP contribution is 2.62. The van der Waals surface area contributed by atoms with Gasteiger partial charge >= 0.3 is 0 Å². The number of ether oxygens (including phenoxy) is 1. The van der Waals surface area contributed by atoms with Crippen molar-refractivity contribution in [2.45, 2.75) is 77.7 Å². The number of hydrogen-bond donors (Lipinski definition) is 1. The van der Waals surface area contributed by atoms with Crippen molar-refractivity contribution in [2.24, 2.45) is 11.1 Å². The zero-order valence-corrected chi connectivity index (χ0v) is 19.5. The molecule has 3 aliphatic heterocycles. The molecule has 2 atom stereocenters. The number of amides is 1. The van der Waals surface area contributed by atoms with Crippen LogP contribution in [0.3, 0.4) is 0 Å². The van der Waals surface area contributed by atoms with Crippen molar-refractivity contribution in [3.05, 3.63) is 51.6 Å². The summed E-state index contributed by atoms with van der Waals surface area (Å²) in [5, 5.41) is 10.2. The van der Waals surface area contributed by atoms with Gasteiger partial charge in [-0.05, 0) is 44.1 Å². The molecule has 0 bridgehead atoms. The summed E-state index contributed by atoms with van der Waals surface area (Å²) in [6.07, 6.45) is 1.56. The molecule has 0 saturated carbocycles. The Morgan fingerprint density at radius 3 is 2.53 bits per heavy atom. The summed E-state index contributed by atoms with van der Waals surface area (Å²) >= 11 is 0. The Balaban J connectivity index is 1.94. The van der Waals surface area contributed by atoms with Crippen molar-refractivity contribution in [1.82, 2.24) is 0 Å². The van der Waals surface area contributed by atoms with Crippen LogP contribution in [0.5, 0.6) is 0 Å². The molecule has 1 amide bonds. The summed E-state index contributed by atoms with van der Waals surface area (Å²) in [5.41, 5.74) is 7.90. The van der Waals surface area contributed by atoms with Crippen LogP contribution in [-0.2, 0) is 19.7 Å². The fraction of sp³-hybridized carbons (Fsp3) is 0.500. The molecule has 0 saturated heterocycles. The Labute approximate surface area is 188 Å². The molecule has 0 radical (unpaired) electrons. The summed E-state index contributed by atoms with van der Waals surface area (Å²) in [5.74, 6) is 0.174. The number of aryl methyl sites for hydroxylation is 1. The molecule has 1 aliphatic carbocycles. The number of fused-ring (bicyclic) bond motifs is 2. The van der Waals surface area contributed by atoms with Crippen molar-refractivity contribution in [1.29, 1.82) is 5.26 Å². The second-order valence-electron chi connectivity index (χ2n) is 11.3. The number of benzene rings is 1. The van der Waals surface area contributed by atoms with Crippen LogP contribution in [0.25, 0.3) is 0 Å². The number of nitriles is 1. The average molecular weight is 432 g/mol. The van der Waals surface area contributed by atoms with Gasteiger partial charge in [0.05, 0.1) is 11.3 Å². The minimum atomic E-state index is -1.54. The van der Waals surface area contributed by atoms with E-state index in [0.29, 0.717) is 23.3 Å². The van der Waals surface area contributed by atoms with E-state index in [-0.39, 0.29) is 40.9 Å². The van der Waals surface area contributed by atoms with Gasteiger partial charge in [0.25, 0.3) is 0 Å². The Morgan fingerprint density at radius 2 is 1.88 bits per heavy atom. The Bertz CT molecular complexity index is 1230. The number of hydrogen-bond acceptors (Lipinski definition) is 5. The number of Topliss-reactive ketones (excluding diaryl/α,β-unsaturated/α-hetero) is 1. The van der Waals surface area contributed by atoms with E-state index >= 15 is 0 Å². The number of carbonyl (C=O) groups excluding carboxylic acids is 2. The number of rotatable bonds is 0. The van der Waals surface area contributed by atoms with E-state index in [2.05, 4.69) is 19.1 Å². The van der Waals surface area contributed by atoms with Gasteiger partial charge < -0.3 is 15.4 Å². The van der Waals surface area contributed by atoms with Crippen LogP contribution in [0.2, 0.25) is 0 Å². The summed E-state index contributed by atoms with van der Waals surface area (Å²) < 4.78 is 5.89. The van der Waals surface area contributed by atoms with E-state index in [4.69, 9.17) is 10.5 Å². The van der Waals surface area contributed by atoms with Gasteiger partial charge in [0.1, 0.15) is 22.8 Å². The molecular weight excluding hydrogens is 402 g/mol. The van der Waals surface area contributed by atoms with Gasteiger partial charge in [-0.3, -0.25) is 9.59 Å². The molecule has 166 valence electrons. The fourth-order valence-corrected chi connectivity index (χ4v) is 6.52. The summed E-state index contributed by atoms with van der Waals surface area (Å²) in [6, 6.07) is 6.25. The molecule has 32 heavy (non-hydrogen) atoms. The van der Waals surface area contributed by atoms with Gasteiger partial charge in [0.15, 0.2) is 5.78 Å². The maximum atomic E-state index is 14.5.